The fraction of sp³-hybridized carbons (Fsp3) is 0.571. The average Bonchev–Trinajstić information content (AvgIpc) is 3.20. The van der Waals surface area contributed by atoms with E-state index in [0.717, 1.165) is 44.4 Å². The van der Waals surface area contributed by atoms with Gasteiger partial charge in [0.25, 0.3) is 0 Å². The zero-order valence-corrected chi connectivity index (χ0v) is 19.9. The van der Waals surface area contributed by atoms with Crippen LogP contribution in [0.1, 0.15) is 37.6 Å². The van der Waals surface area contributed by atoms with Gasteiger partial charge in [0.2, 0.25) is 0 Å². The summed E-state index contributed by atoms with van der Waals surface area (Å²) in [7, 11) is 1.83. The van der Waals surface area contributed by atoms with E-state index in [4.69, 9.17) is 0 Å². The second-order valence-electron chi connectivity index (χ2n) is 7.28. The quantitative estimate of drug-likeness (QED) is 0.324. The first-order valence-corrected chi connectivity index (χ1v) is 10.4. The van der Waals surface area contributed by atoms with Gasteiger partial charge in [-0.25, -0.2) is 0 Å². The summed E-state index contributed by atoms with van der Waals surface area (Å²) in [5.74, 6) is 1.87. The van der Waals surface area contributed by atoms with Crippen LogP contribution in [0.25, 0.3) is 0 Å². The number of aryl methyl sites for hydroxylation is 1. The van der Waals surface area contributed by atoms with Crippen molar-refractivity contribution in [3.63, 3.8) is 0 Å². The molecule has 1 aromatic carbocycles. The molecule has 1 fully saturated rings. The molecule has 2 N–H and O–H groups in total. The third kappa shape index (κ3) is 7.26. The van der Waals surface area contributed by atoms with Crippen molar-refractivity contribution in [1.82, 2.24) is 30.3 Å². The molecule has 0 spiro atoms. The molecule has 1 saturated heterocycles. The zero-order valence-electron chi connectivity index (χ0n) is 17.5. The summed E-state index contributed by atoms with van der Waals surface area (Å²) in [4.78, 5) is 6.98. The molecular weight excluding hydrogens is 477 g/mol. The zero-order chi connectivity index (χ0) is 19.6. The number of likely N-dealkylation sites (tertiary alicyclic amines) is 1. The number of nitrogens with one attached hydrogen (secondary N) is 2. The monoisotopic (exact) mass is 511 g/mol. The Hall–Kier alpha value is -1.68. The lowest BCUT2D eigenvalue weighted by molar-refractivity contribution is 0.141. The maximum atomic E-state index is 4.38. The van der Waals surface area contributed by atoms with E-state index < -0.39 is 0 Å². The van der Waals surface area contributed by atoms with Gasteiger partial charge in [-0.05, 0) is 24.9 Å². The lowest BCUT2D eigenvalue weighted by atomic mass is 10.0. The van der Waals surface area contributed by atoms with Crippen LogP contribution in [0.15, 0.2) is 41.7 Å². The topological polar surface area (TPSA) is 70.4 Å². The van der Waals surface area contributed by atoms with Crippen LogP contribution in [0.3, 0.4) is 0 Å². The van der Waals surface area contributed by atoms with Gasteiger partial charge in [0.15, 0.2) is 5.96 Å². The first-order valence-electron chi connectivity index (χ1n) is 10.4. The number of aromatic nitrogens is 3. The Labute approximate surface area is 191 Å². The van der Waals surface area contributed by atoms with Crippen molar-refractivity contribution in [2.45, 2.75) is 51.7 Å². The third-order valence-corrected chi connectivity index (χ3v) is 5.36. The fourth-order valence-electron chi connectivity index (χ4n) is 3.79. The number of piperidine rings is 1. The molecule has 1 aliphatic rings. The third-order valence-electron chi connectivity index (χ3n) is 5.36. The molecule has 1 unspecified atom stereocenters. The van der Waals surface area contributed by atoms with Gasteiger partial charge in [0, 0.05) is 45.7 Å². The lowest BCUT2D eigenvalue weighted by Crippen LogP contribution is -2.49. The van der Waals surface area contributed by atoms with Crippen molar-refractivity contribution < 1.29 is 0 Å². The molecule has 0 saturated carbocycles. The molecule has 0 radical (unpaired) electrons. The van der Waals surface area contributed by atoms with Gasteiger partial charge in [-0.15, -0.1) is 34.2 Å². The maximum Gasteiger partial charge on any atom is 0.191 e. The molecule has 2 aromatic rings. The van der Waals surface area contributed by atoms with Gasteiger partial charge >= 0.3 is 0 Å². The highest BCUT2D eigenvalue weighted by molar-refractivity contribution is 14.0. The smallest absolute Gasteiger partial charge is 0.191 e. The van der Waals surface area contributed by atoms with Gasteiger partial charge < -0.3 is 15.2 Å². The van der Waals surface area contributed by atoms with Crippen molar-refractivity contribution in [1.29, 1.82) is 0 Å². The number of hydrogen-bond donors (Lipinski definition) is 2. The molecule has 0 amide bonds. The van der Waals surface area contributed by atoms with Crippen LogP contribution >= 0.6 is 24.0 Å². The van der Waals surface area contributed by atoms with Gasteiger partial charge in [0.1, 0.15) is 12.2 Å². The standard InChI is InChI=1S/C21H33N7.HI/c1-3-20-26-25-17-28(20)14-12-23-21(22-2)24-15-19-11-7-8-13-27(19)16-18-9-5-4-6-10-18;/h4-6,9-10,17,19H,3,7-8,11-16H2,1-2H3,(H2,22,23,24);1H. The first-order chi connectivity index (χ1) is 13.8. The Morgan fingerprint density at radius 3 is 2.79 bits per heavy atom. The molecule has 160 valence electrons. The van der Waals surface area contributed by atoms with E-state index >= 15 is 0 Å². The Kier molecular flexibility index (Phi) is 10.4. The predicted octanol–water partition coefficient (Wildman–Crippen LogP) is 2.68. The number of nitrogens with zero attached hydrogens (tertiary/aromatic N) is 5. The van der Waals surface area contributed by atoms with Crippen molar-refractivity contribution in [3.8, 4) is 0 Å². The Morgan fingerprint density at radius 1 is 1.21 bits per heavy atom. The Bertz CT molecular complexity index is 732. The fourth-order valence-corrected chi connectivity index (χ4v) is 3.79. The van der Waals surface area contributed by atoms with Crippen LogP contribution in [0.4, 0.5) is 0 Å². The van der Waals surface area contributed by atoms with Crippen molar-refractivity contribution in [2.24, 2.45) is 4.99 Å². The van der Waals surface area contributed by atoms with E-state index in [1.54, 1.807) is 6.33 Å². The summed E-state index contributed by atoms with van der Waals surface area (Å²) >= 11 is 0. The van der Waals surface area contributed by atoms with E-state index in [-0.39, 0.29) is 24.0 Å². The number of benzene rings is 1. The molecule has 1 aromatic heterocycles. The van der Waals surface area contributed by atoms with E-state index in [1.165, 1.54) is 31.4 Å². The molecule has 1 aliphatic heterocycles. The summed E-state index contributed by atoms with van der Waals surface area (Å²) in [6.07, 6.45) is 6.51. The van der Waals surface area contributed by atoms with Crippen molar-refractivity contribution in [2.75, 3.05) is 26.7 Å². The molecule has 7 nitrogen and oxygen atoms in total. The predicted molar refractivity (Wildman–Crippen MR) is 129 cm³/mol. The molecule has 29 heavy (non-hydrogen) atoms. The van der Waals surface area contributed by atoms with E-state index in [9.17, 15) is 0 Å². The summed E-state index contributed by atoms with van der Waals surface area (Å²) in [5, 5.41) is 15.0. The minimum atomic E-state index is 0. The minimum Gasteiger partial charge on any atom is -0.355 e. The van der Waals surface area contributed by atoms with Gasteiger partial charge in [-0.3, -0.25) is 9.89 Å². The van der Waals surface area contributed by atoms with Crippen LogP contribution in [0.2, 0.25) is 0 Å². The summed E-state index contributed by atoms with van der Waals surface area (Å²) in [6.45, 7) is 6.83. The summed E-state index contributed by atoms with van der Waals surface area (Å²) in [6, 6.07) is 11.3. The maximum absolute atomic E-state index is 4.38. The number of rotatable bonds is 8. The summed E-state index contributed by atoms with van der Waals surface area (Å²) in [5.41, 5.74) is 1.39. The van der Waals surface area contributed by atoms with Gasteiger partial charge in [-0.2, -0.15) is 0 Å². The van der Waals surface area contributed by atoms with Crippen LogP contribution in [-0.2, 0) is 19.5 Å². The Morgan fingerprint density at radius 2 is 2.03 bits per heavy atom. The largest absolute Gasteiger partial charge is 0.355 e. The second-order valence-corrected chi connectivity index (χ2v) is 7.28. The molecule has 0 bridgehead atoms. The highest BCUT2D eigenvalue weighted by Gasteiger charge is 2.22. The second kappa shape index (κ2) is 12.8. The molecule has 1 atom stereocenters. The van der Waals surface area contributed by atoms with E-state index in [0.29, 0.717) is 6.04 Å². The lowest BCUT2D eigenvalue weighted by Gasteiger charge is -2.36. The van der Waals surface area contributed by atoms with Crippen molar-refractivity contribution >= 4 is 29.9 Å². The molecule has 3 rings (SSSR count). The minimum absolute atomic E-state index is 0. The number of guanidine groups is 1. The van der Waals surface area contributed by atoms with Crippen molar-refractivity contribution in [3.05, 3.63) is 48.0 Å². The van der Waals surface area contributed by atoms with Crippen LogP contribution in [-0.4, -0.2) is 58.3 Å². The van der Waals surface area contributed by atoms with Crippen LogP contribution in [0.5, 0.6) is 0 Å². The molecule has 0 aliphatic carbocycles. The average molecular weight is 511 g/mol. The number of hydrogen-bond acceptors (Lipinski definition) is 4. The first kappa shape index (κ1) is 23.6. The van der Waals surface area contributed by atoms with Gasteiger partial charge in [0.05, 0.1) is 0 Å². The van der Waals surface area contributed by atoms with E-state index in [1.807, 2.05) is 7.05 Å². The normalized spacial score (nSPS) is 17.6. The molecule has 8 heteroatoms. The highest BCUT2D eigenvalue weighted by Crippen LogP contribution is 2.19. The molecular formula is C21H34IN7. The number of aliphatic imine (C=N–C) groups is 1. The van der Waals surface area contributed by atoms with Gasteiger partial charge in [-0.1, -0.05) is 43.7 Å². The number of halogens is 1. The van der Waals surface area contributed by atoms with Crippen LogP contribution < -0.4 is 10.6 Å². The Balaban J connectivity index is 0.00000300. The SMILES string of the molecule is CCc1nncn1CCNC(=NC)NCC1CCCCN1Cc1ccccc1.I. The summed E-state index contributed by atoms with van der Waals surface area (Å²) < 4.78 is 2.09. The molecule has 2 heterocycles. The van der Waals surface area contributed by atoms with Crippen LogP contribution in [0, 0.1) is 0 Å². The highest BCUT2D eigenvalue weighted by atomic mass is 127. The van der Waals surface area contributed by atoms with E-state index in [2.05, 4.69) is 72.5 Å².